The van der Waals surface area contributed by atoms with Crippen molar-refractivity contribution in [1.29, 1.82) is 0 Å². The van der Waals surface area contributed by atoms with Crippen LogP contribution in [0.2, 0.25) is 0 Å². The van der Waals surface area contributed by atoms with Crippen LogP contribution in [0.5, 0.6) is 0 Å². The monoisotopic (exact) mass is 431 g/mol. The molecule has 162 valence electrons. The maximum absolute atomic E-state index is 13.7. The molecule has 0 unspecified atom stereocenters. The van der Waals surface area contributed by atoms with Crippen molar-refractivity contribution in [3.8, 4) is 0 Å². The number of anilines is 2. The normalized spacial score (nSPS) is 16.5. The third-order valence-electron chi connectivity index (χ3n) is 5.30. The molecule has 2 amide bonds. The van der Waals surface area contributed by atoms with Crippen molar-refractivity contribution in [3.05, 3.63) is 65.7 Å². The summed E-state index contributed by atoms with van der Waals surface area (Å²) in [6.45, 7) is 5.26. The molecule has 1 N–H and O–H groups in total. The average molecular weight is 431 g/mol. The number of carbonyl (C=O) groups excluding carboxylic acids is 2. The summed E-state index contributed by atoms with van der Waals surface area (Å²) in [7, 11) is 0. The molecule has 0 aliphatic carbocycles. The number of carbonyl (C=O) groups is 2. The number of ether oxygens (including phenoxy) is 1. The fourth-order valence-corrected chi connectivity index (χ4v) is 3.73. The van der Waals surface area contributed by atoms with Gasteiger partial charge in [0.2, 0.25) is 5.91 Å². The number of morpholine rings is 1. The fraction of sp³-hybridized carbons (Fsp3) is 0.273. The highest BCUT2D eigenvalue weighted by Crippen LogP contribution is 2.38. The first-order chi connectivity index (χ1) is 14.8. The van der Waals surface area contributed by atoms with Crippen molar-refractivity contribution in [1.82, 2.24) is 4.90 Å². The van der Waals surface area contributed by atoms with Crippen LogP contribution in [0, 0.1) is 0 Å². The third kappa shape index (κ3) is 4.13. The second kappa shape index (κ2) is 8.07. The second-order valence-electron chi connectivity index (χ2n) is 7.26. The van der Waals surface area contributed by atoms with E-state index in [9.17, 15) is 22.8 Å². The number of rotatable bonds is 4. The zero-order valence-electron chi connectivity index (χ0n) is 16.5. The van der Waals surface area contributed by atoms with Crippen molar-refractivity contribution in [2.45, 2.75) is 6.18 Å². The number of nitrogens with zero attached hydrogens (tertiary/aromatic N) is 2. The molecule has 2 aliphatic rings. The van der Waals surface area contributed by atoms with Crippen LogP contribution < -0.4 is 10.2 Å². The van der Waals surface area contributed by atoms with Crippen LogP contribution in [-0.4, -0.2) is 49.6 Å². The van der Waals surface area contributed by atoms with Crippen molar-refractivity contribution in [2.24, 2.45) is 0 Å². The predicted octanol–water partition coefficient (Wildman–Crippen LogP) is 3.61. The van der Waals surface area contributed by atoms with Gasteiger partial charge in [0.05, 0.1) is 24.5 Å². The first-order valence-corrected chi connectivity index (χ1v) is 9.69. The molecule has 0 radical (unpaired) electrons. The van der Waals surface area contributed by atoms with Gasteiger partial charge in [0.1, 0.15) is 6.54 Å². The lowest BCUT2D eigenvalue weighted by Crippen LogP contribution is -2.36. The Kier molecular flexibility index (Phi) is 5.45. The first kappa shape index (κ1) is 20.9. The molecule has 1 fully saturated rings. The zero-order chi connectivity index (χ0) is 22.2. The maximum atomic E-state index is 13.7. The molecule has 1 saturated heterocycles. The maximum Gasteiger partial charge on any atom is 0.418 e. The van der Waals surface area contributed by atoms with E-state index in [4.69, 9.17) is 4.74 Å². The van der Waals surface area contributed by atoms with Gasteiger partial charge in [-0.3, -0.25) is 14.5 Å². The van der Waals surface area contributed by atoms with Crippen LogP contribution in [0.4, 0.5) is 24.5 Å². The molecule has 2 aliphatic heterocycles. The van der Waals surface area contributed by atoms with Crippen LogP contribution in [0.1, 0.15) is 21.5 Å². The number of fused-ring (bicyclic) bond motifs is 1. The van der Waals surface area contributed by atoms with Crippen LogP contribution >= 0.6 is 0 Å². The second-order valence-corrected chi connectivity index (χ2v) is 7.26. The minimum absolute atomic E-state index is 0.342. The smallest absolute Gasteiger partial charge is 0.378 e. The Hall–Kier alpha value is -3.33. The number of hydrogen-bond donors (Lipinski definition) is 1. The van der Waals surface area contributed by atoms with Gasteiger partial charge in [-0.05, 0) is 24.3 Å². The Morgan fingerprint density at radius 1 is 1.10 bits per heavy atom. The summed E-state index contributed by atoms with van der Waals surface area (Å²) in [5.74, 6) is -1.15. The summed E-state index contributed by atoms with van der Waals surface area (Å²) >= 11 is 0. The number of hydrogen-bond acceptors (Lipinski definition) is 4. The van der Waals surface area contributed by atoms with Crippen molar-refractivity contribution < 1.29 is 27.5 Å². The van der Waals surface area contributed by atoms with E-state index in [-0.39, 0.29) is 5.69 Å². The quantitative estimate of drug-likeness (QED) is 0.804. The summed E-state index contributed by atoms with van der Waals surface area (Å²) in [5.41, 5.74) is 0.461. The zero-order valence-corrected chi connectivity index (χ0v) is 16.5. The van der Waals surface area contributed by atoms with Crippen LogP contribution in [0.25, 0.3) is 5.70 Å². The molecule has 9 heteroatoms. The Balaban J connectivity index is 1.53. The van der Waals surface area contributed by atoms with Crippen molar-refractivity contribution in [3.63, 3.8) is 0 Å². The Bertz CT molecular complexity index is 1010. The third-order valence-corrected chi connectivity index (χ3v) is 5.30. The van der Waals surface area contributed by atoms with Gasteiger partial charge in [0, 0.05) is 35.6 Å². The van der Waals surface area contributed by atoms with E-state index < -0.39 is 30.1 Å². The molecule has 6 nitrogen and oxygen atoms in total. The first-order valence-electron chi connectivity index (χ1n) is 9.69. The summed E-state index contributed by atoms with van der Waals surface area (Å²) in [6, 6.07) is 10.6. The molecule has 0 aromatic heterocycles. The number of benzene rings is 2. The Labute approximate surface area is 176 Å². The number of halogens is 3. The van der Waals surface area contributed by atoms with Gasteiger partial charge >= 0.3 is 6.18 Å². The standard InChI is InChI=1S/C22H20F3N3O3/c1-14-16-4-2-3-5-17(16)21(30)28(14)13-20(29)26-19-7-6-15(12-18(19)22(23,24)25)27-8-10-31-11-9-27/h2-7,12H,1,8-11,13H2,(H,26,29). The van der Waals surface area contributed by atoms with E-state index in [0.717, 1.165) is 11.0 Å². The predicted molar refractivity (Wildman–Crippen MR) is 110 cm³/mol. The lowest BCUT2D eigenvalue weighted by molar-refractivity contribution is -0.137. The summed E-state index contributed by atoms with van der Waals surface area (Å²) in [4.78, 5) is 28.0. The van der Waals surface area contributed by atoms with Crippen LogP contribution in [0.15, 0.2) is 49.0 Å². The van der Waals surface area contributed by atoms with E-state index in [1.165, 1.54) is 12.1 Å². The van der Waals surface area contributed by atoms with E-state index in [0.29, 0.717) is 48.8 Å². The topological polar surface area (TPSA) is 61.9 Å². The molecule has 4 rings (SSSR count). The van der Waals surface area contributed by atoms with E-state index in [1.807, 2.05) is 0 Å². The Morgan fingerprint density at radius 2 is 1.77 bits per heavy atom. The van der Waals surface area contributed by atoms with Gasteiger partial charge in [-0.2, -0.15) is 13.2 Å². The highest BCUT2D eigenvalue weighted by Gasteiger charge is 2.36. The molecule has 2 aromatic rings. The van der Waals surface area contributed by atoms with Crippen molar-refractivity contribution >= 4 is 28.9 Å². The van der Waals surface area contributed by atoms with E-state index in [1.54, 1.807) is 29.2 Å². The molecular weight excluding hydrogens is 411 g/mol. The summed E-state index contributed by atoms with van der Waals surface area (Å²) in [6.07, 6.45) is -4.66. The summed E-state index contributed by atoms with van der Waals surface area (Å²) in [5, 5.41) is 2.30. The number of amides is 2. The highest BCUT2D eigenvalue weighted by molar-refractivity contribution is 6.11. The van der Waals surface area contributed by atoms with Crippen molar-refractivity contribution in [2.75, 3.05) is 43.1 Å². The molecule has 0 saturated carbocycles. The minimum Gasteiger partial charge on any atom is -0.378 e. The average Bonchev–Trinajstić information content (AvgIpc) is 2.99. The highest BCUT2D eigenvalue weighted by atomic mass is 19.4. The molecule has 0 bridgehead atoms. The van der Waals surface area contributed by atoms with E-state index in [2.05, 4.69) is 11.9 Å². The lowest BCUT2D eigenvalue weighted by Gasteiger charge is -2.29. The lowest BCUT2D eigenvalue weighted by atomic mass is 10.1. The van der Waals surface area contributed by atoms with Gasteiger partial charge in [-0.25, -0.2) is 0 Å². The molecule has 2 aromatic carbocycles. The minimum atomic E-state index is -4.66. The molecular formula is C22H20F3N3O3. The largest absolute Gasteiger partial charge is 0.418 e. The Morgan fingerprint density at radius 3 is 2.42 bits per heavy atom. The van der Waals surface area contributed by atoms with Gasteiger partial charge in [0.15, 0.2) is 0 Å². The van der Waals surface area contributed by atoms with Gasteiger partial charge in [0.25, 0.3) is 5.91 Å². The molecule has 0 atom stereocenters. The van der Waals surface area contributed by atoms with E-state index >= 15 is 0 Å². The number of nitrogens with one attached hydrogen (secondary N) is 1. The van der Waals surface area contributed by atoms with Crippen LogP contribution in [0.3, 0.4) is 0 Å². The number of alkyl halides is 3. The molecule has 0 spiro atoms. The van der Waals surface area contributed by atoms with Gasteiger partial charge < -0.3 is 15.0 Å². The fourth-order valence-electron chi connectivity index (χ4n) is 3.73. The SMILES string of the molecule is C=C1c2ccccc2C(=O)N1CC(=O)Nc1ccc(N2CCOCC2)cc1C(F)(F)F. The molecule has 2 heterocycles. The van der Waals surface area contributed by atoms with Crippen LogP contribution in [-0.2, 0) is 15.7 Å². The summed E-state index contributed by atoms with van der Waals surface area (Å²) < 4.78 is 46.3. The van der Waals surface area contributed by atoms with Gasteiger partial charge in [-0.1, -0.05) is 24.8 Å². The molecule has 31 heavy (non-hydrogen) atoms. The van der Waals surface area contributed by atoms with Gasteiger partial charge in [-0.15, -0.1) is 0 Å².